The Morgan fingerprint density at radius 2 is 1.00 bits per heavy atom. The fourth-order valence-electron chi connectivity index (χ4n) is 5.34. The van der Waals surface area contributed by atoms with Crippen molar-refractivity contribution in [2.45, 2.75) is 38.3 Å². The highest BCUT2D eigenvalue weighted by molar-refractivity contribution is 7.95. The summed E-state index contributed by atoms with van der Waals surface area (Å²) in [4.78, 5) is 0. The van der Waals surface area contributed by atoms with E-state index in [2.05, 4.69) is 116 Å². The van der Waals surface area contributed by atoms with Crippen molar-refractivity contribution in [2.24, 2.45) is 0 Å². The highest BCUT2D eigenvalue weighted by Crippen LogP contribution is 2.66. The second-order valence-corrected chi connectivity index (χ2v) is 12.4. The molecule has 0 spiro atoms. The monoisotopic (exact) mass is 421 g/mol. The van der Waals surface area contributed by atoms with E-state index >= 15 is 0 Å². The number of rotatable bonds is 5. The third kappa shape index (κ3) is 3.64. The molecule has 4 aromatic rings. The van der Waals surface area contributed by atoms with E-state index in [4.69, 9.17) is 0 Å². The summed E-state index contributed by atoms with van der Waals surface area (Å²) in [5.41, 5.74) is 5.01. The highest BCUT2D eigenvalue weighted by Gasteiger charge is 2.50. The van der Waals surface area contributed by atoms with Gasteiger partial charge in [0, 0.05) is 0 Å². The first-order valence-corrected chi connectivity index (χ1v) is 13.3. The first-order chi connectivity index (χ1) is 15.3. The van der Waals surface area contributed by atoms with Gasteiger partial charge < -0.3 is 0 Å². The molecule has 0 nitrogen and oxygen atoms in total. The standard InChI is InChI=1S/C30H30P/c1-24(26-22-21-25-13-11-12-14-27(25)23-26)31(28-15-5-2-6-16-28,29-17-7-3-8-18-29)30-19-9-4-10-20-30/h2-10,15-24H,11-14H2,1H3/q+1. The number of hydrogen-bond donors (Lipinski definition) is 0. The smallest absolute Gasteiger partial charge is 0.0620 e. The lowest BCUT2D eigenvalue weighted by Gasteiger charge is -2.33. The van der Waals surface area contributed by atoms with E-state index in [0.29, 0.717) is 5.66 Å². The number of hydrogen-bond acceptors (Lipinski definition) is 0. The molecule has 0 aliphatic heterocycles. The lowest BCUT2D eigenvalue weighted by molar-refractivity contribution is 0.684. The van der Waals surface area contributed by atoms with Crippen LogP contribution >= 0.6 is 7.26 Å². The Balaban J connectivity index is 1.77. The summed E-state index contributed by atoms with van der Waals surface area (Å²) in [5.74, 6) is 0. The normalized spacial score (nSPS) is 14.6. The van der Waals surface area contributed by atoms with Crippen LogP contribution in [0.4, 0.5) is 0 Å². The summed E-state index contributed by atoms with van der Waals surface area (Å²) < 4.78 is 0. The molecule has 154 valence electrons. The number of aryl methyl sites for hydroxylation is 2. The van der Waals surface area contributed by atoms with Gasteiger partial charge in [-0.15, -0.1) is 0 Å². The molecular weight excluding hydrogens is 391 g/mol. The predicted octanol–water partition coefficient (Wildman–Crippen LogP) is 6.62. The van der Waals surface area contributed by atoms with Crippen LogP contribution in [0.2, 0.25) is 0 Å². The predicted molar refractivity (Wildman–Crippen MR) is 137 cm³/mol. The molecule has 0 radical (unpaired) electrons. The second-order valence-electron chi connectivity index (χ2n) is 8.64. The van der Waals surface area contributed by atoms with Crippen molar-refractivity contribution >= 4 is 23.2 Å². The fourth-order valence-corrected chi connectivity index (χ4v) is 10.1. The van der Waals surface area contributed by atoms with Crippen LogP contribution in [0.5, 0.6) is 0 Å². The summed E-state index contributed by atoms with van der Waals surface area (Å²) in [6.07, 6.45) is 5.11. The highest BCUT2D eigenvalue weighted by atomic mass is 31.2. The van der Waals surface area contributed by atoms with Gasteiger partial charge in [0.15, 0.2) is 0 Å². The van der Waals surface area contributed by atoms with Gasteiger partial charge in [-0.05, 0) is 85.7 Å². The van der Waals surface area contributed by atoms with Crippen molar-refractivity contribution in [3.05, 3.63) is 126 Å². The molecule has 0 fully saturated rings. The third-order valence-electron chi connectivity index (χ3n) is 6.93. The Morgan fingerprint density at radius 3 is 1.48 bits per heavy atom. The van der Waals surface area contributed by atoms with Gasteiger partial charge in [-0.2, -0.15) is 0 Å². The van der Waals surface area contributed by atoms with Crippen molar-refractivity contribution in [1.29, 1.82) is 0 Å². The number of benzene rings is 4. The van der Waals surface area contributed by atoms with Crippen LogP contribution in [0.3, 0.4) is 0 Å². The molecule has 4 aromatic carbocycles. The maximum absolute atomic E-state index is 2.53. The molecule has 0 amide bonds. The SMILES string of the molecule is CC(c1ccc2c(c1)CCCC2)[P+](c1ccccc1)(c1ccccc1)c1ccccc1. The fraction of sp³-hybridized carbons (Fsp3) is 0.200. The molecule has 0 heterocycles. The van der Waals surface area contributed by atoms with Crippen molar-refractivity contribution in [2.75, 3.05) is 0 Å². The van der Waals surface area contributed by atoms with E-state index in [0.717, 1.165) is 0 Å². The minimum Gasteiger partial charge on any atom is -0.0620 e. The Kier molecular flexibility index (Phi) is 5.75. The largest absolute Gasteiger partial charge is 0.119 e. The molecule has 1 unspecified atom stereocenters. The summed E-state index contributed by atoms with van der Waals surface area (Å²) in [6.45, 7) is 2.46. The summed E-state index contributed by atoms with van der Waals surface area (Å²) in [7, 11) is -1.90. The quantitative estimate of drug-likeness (QED) is 0.318. The Hall–Kier alpha value is -2.69. The van der Waals surface area contributed by atoms with E-state index in [9.17, 15) is 0 Å². The van der Waals surface area contributed by atoms with Gasteiger partial charge in [0.2, 0.25) is 0 Å². The lowest BCUT2D eigenvalue weighted by atomic mass is 9.90. The van der Waals surface area contributed by atoms with E-state index < -0.39 is 7.26 Å². The van der Waals surface area contributed by atoms with Crippen LogP contribution in [0.1, 0.15) is 42.1 Å². The van der Waals surface area contributed by atoms with Crippen molar-refractivity contribution < 1.29 is 0 Å². The molecule has 0 saturated heterocycles. The van der Waals surface area contributed by atoms with E-state index in [1.54, 1.807) is 11.1 Å². The zero-order chi connectivity index (χ0) is 21.1. The molecule has 1 aliphatic rings. The maximum atomic E-state index is 2.53. The van der Waals surface area contributed by atoms with Crippen LogP contribution in [0, 0.1) is 0 Å². The second kappa shape index (κ2) is 8.81. The van der Waals surface area contributed by atoms with Crippen molar-refractivity contribution in [1.82, 2.24) is 0 Å². The molecule has 0 saturated carbocycles. The van der Waals surface area contributed by atoms with Gasteiger partial charge in [0.1, 0.15) is 28.8 Å². The van der Waals surface area contributed by atoms with E-state index in [1.807, 2.05) is 0 Å². The molecule has 31 heavy (non-hydrogen) atoms. The van der Waals surface area contributed by atoms with Gasteiger partial charge in [0.05, 0.1) is 0 Å². The van der Waals surface area contributed by atoms with Crippen molar-refractivity contribution in [3.8, 4) is 0 Å². The van der Waals surface area contributed by atoms with Crippen LogP contribution in [0.15, 0.2) is 109 Å². The zero-order valence-corrected chi connectivity index (χ0v) is 19.1. The average molecular weight is 422 g/mol. The first kappa shape index (κ1) is 20.2. The molecule has 1 heteroatoms. The first-order valence-electron chi connectivity index (χ1n) is 11.5. The van der Waals surface area contributed by atoms with Gasteiger partial charge in [0.25, 0.3) is 0 Å². The Morgan fingerprint density at radius 1 is 0.548 bits per heavy atom. The lowest BCUT2D eigenvalue weighted by Crippen LogP contribution is -2.34. The minimum absolute atomic E-state index is 0.395. The van der Waals surface area contributed by atoms with Crippen LogP contribution < -0.4 is 15.9 Å². The third-order valence-corrected chi connectivity index (χ3v) is 11.7. The molecule has 5 rings (SSSR count). The Labute approximate surface area is 187 Å². The van der Waals surface area contributed by atoms with Crippen LogP contribution in [0.25, 0.3) is 0 Å². The van der Waals surface area contributed by atoms with Crippen LogP contribution in [-0.4, -0.2) is 0 Å². The van der Waals surface area contributed by atoms with Gasteiger partial charge in [-0.25, -0.2) is 0 Å². The zero-order valence-electron chi connectivity index (χ0n) is 18.2. The minimum atomic E-state index is -1.90. The molecular formula is C30H30P+. The Bertz CT molecular complexity index is 1040. The molecule has 0 bridgehead atoms. The molecule has 0 N–H and O–H groups in total. The summed E-state index contributed by atoms with van der Waals surface area (Å²) in [5, 5.41) is 4.37. The van der Waals surface area contributed by atoms with Gasteiger partial charge >= 0.3 is 0 Å². The molecule has 1 aliphatic carbocycles. The summed E-state index contributed by atoms with van der Waals surface area (Å²) in [6, 6.07) is 41.1. The molecule has 1 atom stereocenters. The average Bonchev–Trinajstić information content (AvgIpc) is 2.86. The van der Waals surface area contributed by atoms with Crippen molar-refractivity contribution in [3.63, 3.8) is 0 Å². The summed E-state index contributed by atoms with van der Waals surface area (Å²) >= 11 is 0. The van der Waals surface area contributed by atoms with E-state index in [-0.39, 0.29) is 0 Å². The van der Waals surface area contributed by atoms with E-state index in [1.165, 1.54) is 47.2 Å². The van der Waals surface area contributed by atoms with Gasteiger partial charge in [-0.1, -0.05) is 72.8 Å². The molecule has 0 aromatic heterocycles. The maximum Gasteiger partial charge on any atom is 0.119 e. The van der Waals surface area contributed by atoms with Gasteiger partial charge in [-0.3, -0.25) is 0 Å². The number of fused-ring (bicyclic) bond motifs is 1. The van der Waals surface area contributed by atoms with Crippen LogP contribution in [-0.2, 0) is 12.8 Å². The topological polar surface area (TPSA) is 0 Å².